The Balaban J connectivity index is 1.94. The van der Waals surface area contributed by atoms with E-state index < -0.39 is 0 Å². The van der Waals surface area contributed by atoms with Crippen molar-refractivity contribution in [3.8, 4) is 0 Å². The number of hydrogen-bond acceptors (Lipinski definition) is 3. The fraction of sp³-hybridized carbons (Fsp3) is 0.647. The topological polar surface area (TPSA) is 45.2 Å². The number of hydrogen-bond donors (Lipinski definition) is 1. The second-order valence-electron chi connectivity index (χ2n) is 5.80. The molecule has 0 unspecified atom stereocenters. The summed E-state index contributed by atoms with van der Waals surface area (Å²) in [6.45, 7) is 5.06. The number of amides is 1. The number of anilines is 1. The van der Waals surface area contributed by atoms with Gasteiger partial charge in [-0.3, -0.25) is 9.78 Å². The fourth-order valence-electron chi connectivity index (χ4n) is 2.73. The van der Waals surface area contributed by atoms with Crippen molar-refractivity contribution in [3.63, 3.8) is 0 Å². The molecule has 2 heterocycles. The van der Waals surface area contributed by atoms with Crippen LogP contribution in [-0.4, -0.2) is 30.5 Å². The molecule has 0 atom stereocenters. The summed E-state index contributed by atoms with van der Waals surface area (Å²) in [7, 11) is 0. The molecule has 1 aliphatic heterocycles. The van der Waals surface area contributed by atoms with Gasteiger partial charge in [0.15, 0.2) is 0 Å². The van der Waals surface area contributed by atoms with Crippen LogP contribution >= 0.6 is 0 Å². The Hall–Kier alpha value is -1.58. The normalized spacial score (nSPS) is 15.6. The van der Waals surface area contributed by atoms with Crippen molar-refractivity contribution in [2.24, 2.45) is 0 Å². The summed E-state index contributed by atoms with van der Waals surface area (Å²) in [6.07, 6.45) is 12.0. The molecule has 0 aliphatic carbocycles. The predicted octanol–water partition coefficient (Wildman–Crippen LogP) is 3.38. The molecular weight excluding hydrogens is 262 g/mol. The Morgan fingerprint density at radius 1 is 1.19 bits per heavy atom. The Labute approximate surface area is 127 Å². The van der Waals surface area contributed by atoms with Gasteiger partial charge in [0.05, 0.1) is 17.4 Å². The number of carbonyl (C=O) groups is 1. The third-order valence-corrected chi connectivity index (χ3v) is 4.02. The largest absolute Gasteiger partial charge is 0.370 e. The highest BCUT2D eigenvalue weighted by atomic mass is 16.1. The van der Waals surface area contributed by atoms with Gasteiger partial charge in [-0.2, -0.15) is 0 Å². The lowest BCUT2D eigenvalue weighted by Crippen LogP contribution is -2.27. The van der Waals surface area contributed by atoms with Crippen LogP contribution in [0.25, 0.3) is 0 Å². The molecule has 1 amide bonds. The van der Waals surface area contributed by atoms with Crippen molar-refractivity contribution >= 4 is 11.6 Å². The molecule has 116 valence electrons. The third kappa shape index (κ3) is 5.03. The maximum Gasteiger partial charge on any atom is 0.252 e. The van der Waals surface area contributed by atoms with Gasteiger partial charge in [0, 0.05) is 25.8 Å². The smallest absolute Gasteiger partial charge is 0.252 e. The lowest BCUT2D eigenvalue weighted by atomic mass is 10.2. The predicted molar refractivity (Wildman–Crippen MR) is 86.8 cm³/mol. The molecule has 1 aliphatic rings. The molecule has 0 spiro atoms. The maximum absolute atomic E-state index is 12.1. The zero-order valence-corrected chi connectivity index (χ0v) is 13.1. The zero-order valence-electron chi connectivity index (χ0n) is 13.1. The number of carbonyl (C=O) groups excluding carboxylic acids is 1. The first-order valence-electron chi connectivity index (χ1n) is 8.29. The van der Waals surface area contributed by atoms with E-state index in [0.717, 1.165) is 38.2 Å². The third-order valence-electron chi connectivity index (χ3n) is 4.02. The highest BCUT2D eigenvalue weighted by Gasteiger charge is 2.12. The summed E-state index contributed by atoms with van der Waals surface area (Å²) in [5.74, 6) is -0.00438. The van der Waals surface area contributed by atoms with Crippen molar-refractivity contribution in [2.45, 2.75) is 51.9 Å². The number of unbranched alkanes of at least 4 members (excludes halogenated alkanes) is 2. The van der Waals surface area contributed by atoms with Gasteiger partial charge >= 0.3 is 0 Å². The van der Waals surface area contributed by atoms with Crippen LogP contribution in [0.2, 0.25) is 0 Å². The van der Waals surface area contributed by atoms with Crippen LogP contribution in [0, 0.1) is 0 Å². The van der Waals surface area contributed by atoms with Crippen LogP contribution in [0.5, 0.6) is 0 Å². The van der Waals surface area contributed by atoms with Gasteiger partial charge in [0.2, 0.25) is 0 Å². The summed E-state index contributed by atoms with van der Waals surface area (Å²) in [5, 5.41) is 2.98. The van der Waals surface area contributed by atoms with Gasteiger partial charge in [0.25, 0.3) is 5.91 Å². The van der Waals surface area contributed by atoms with E-state index in [9.17, 15) is 4.79 Å². The van der Waals surface area contributed by atoms with Crippen LogP contribution in [0.3, 0.4) is 0 Å². The Morgan fingerprint density at radius 3 is 2.67 bits per heavy atom. The molecule has 4 nitrogen and oxygen atoms in total. The van der Waals surface area contributed by atoms with Gasteiger partial charge in [0.1, 0.15) is 0 Å². The van der Waals surface area contributed by atoms with Crippen molar-refractivity contribution in [2.75, 3.05) is 24.5 Å². The van der Waals surface area contributed by atoms with E-state index in [1.807, 2.05) is 12.3 Å². The molecule has 0 radical (unpaired) electrons. The first-order valence-corrected chi connectivity index (χ1v) is 8.29. The average molecular weight is 289 g/mol. The summed E-state index contributed by atoms with van der Waals surface area (Å²) in [4.78, 5) is 18.7. The van der Waals surface area contributed by atoms with E-state index in [0.29, 0.717) is 5.56 Å². The molecule has 2 rings (SSSR count). The lowest BCUT2D eigenvalue weighted by molar-refractivity contribution is 0.0952. The first-order chi connectivity index (χ1) is 10.3. The van der Waals surface area contributed by atoms with Gasteiger partial charge in [-0.1, -0.05) is 32.6 Å². The molecule has 4 heteroatoms. The Kier molecular flexibility index (Phi) is 6.51. The summed E-state index contributed by atoms with van der Waals surface area (Å²) in [6, 6.07) is 1.98. The fourth-order valence-corrected chi connectivity index (χ4v) is 2.73. The molecule has 1 aromatic heterocycles. The van der Waals surface area contributed by atoms with Crippen LogP contribution in [0.1, 0.15) is 62.2 Å². The number of aromatic nitrogens is 1. The summed E-state index contributed by atoms with van der Waals surface area (Å²) >= 11 is 0. The molecule has 0 bridgehead atoms. The molecular formula is C17H27N3O. The number of rotatable bonds is 6. The van der Waals surface area contributed by atoms with Gasteiger partial charge in [-0.25, -0.2) is 0 Å². The SMILES string of the molecule is CCCCCNC(=O)c1cncc(N2CCCCCC2)c1. The van der Waals surface area contributed by atoms with Gasteiger partial charge in [-0.15, -0.1) is 0 Å². The number of pyridine rings is 1. The van der Waals surface area contributed by atoms with Gasteiger partial charge in [-0.05, 0) is 25.3 Å². The molecule has 1 N–H and O–H groups in total. The van der Waals surface area contributed by atoms with Crippen LogP contribution in [0.4, 0.5) is 5.69 Å². The van der Waals surface area contributed by atoms with Crippen LogP contribution < -0.4 is 10.2 Å². The molecule has 1 saturated heterocycles. The molecule has 1 aromatic rings. The molecule has 1 fully saturated rings. The lowest BCUT2D eigenvalue weighted by Gasteiger charge is -2.22. The summed E-state index contributed by atoms with van der Waals surface area (Å²) < 4.78 is 0. The highest BCUT2D eigenvalue weighted by molar-refractivity contribution is 5.94. The number of nitrogens with one attached hydrogen (secondary N) is 1. The monoisotopic (exact) mass is 289 g/mol. The highest BCUT2D eigenvalue weighted by Crippen LogP contribution is 2.19. The second-order valence-corrected chi connectivity index (χ2v) is 5.80. The average Bonchev–Trinajstić information content (AvgIpc) is 2.81. The van der Waals surface area contributed by atoms with Gasteiger partial charge < -0.3 is 10.2 Å². The Morgan fingerprint density at radius 2 is 1.95 bits per heavy atom. The van der Waals surface area contributed by atoms with E-state index in [4.69, 9.17) is 0 Å². The van der Waals surface area contributed by atoms with Crippen LogP contribution in [0.15, 0.2) is 18.5 Å². The Bertz CT molecular complexity index is 439. The second kappa shape index (κ2) is 8.65. The van der Waals surface area contributed by atoms with Crippen molar-refractivity contribution in [3.05, 3.63) is 24.0 Å². The van der Waals surface area contributed by atoms with Crippen LogP contribution in [-0.2, 0) is 0 Å². The van der Waals surface area contributed by atoms with Crippen molar-refractivity contribution < 1.29 is 4.79 Å². The minimum Gasteiger partial charge on any atom is -0.370 e. The minimum absolute atomic E-state index is 0.00438. The van der Waals surface area contributed by atoms with E-state index in [2.05, 4.69) is 22.1 Å². The van der Waals surface area contributed by atoms with E-state index in [1.165, 1.54) is 32.1 Å². The first kappa shape index (κ1) is 15.8. The molecule has 0 aromatic carbocycles. The van der Waals surface area contributed by atoms with Crippen molar-refractivity contribution in [1.29, 1.82) is 0 Å². The van der Waals surface area contributed by atoms with E-state index >= 15 is 0 Å². The maximum atomic E-state index is 12.1. The van der Waals surface area contributed by atoms with Crippen molar-refractivity contribution in [1.82, 2.24) is 10.3 Å². The van der Waals surface area contributed by atoms with E-state index in [-0.39, 0.29) is 5.91 Å². The quantitative estimate of drug-likeness (QED) is 0.817. The van der Waals surface area contributed by atoms with E-state index in [1.54, 1.807) is 6.20 Å². The molecule has 0 saturated carbocycles. The number of nitrogens with zero attached hydrogens (tertiary/aromatic N) is 2. The summed E-state index contributed by atoms with van der Waals surface area (Å²) in [5.41, 5.74) is 1.76. The molecule has 21 heavy (non-hydrogen) atoms. The minimum atomic E-state index is -0.00438. The standard InChI is InChI=1S/C17H27N3O/c1-2-3-6-9-19-17(21)15-12-16(14-18-13-15)20-10-7-4-5-8-11-20/h12-14H,2-11H2,1H3,(H,19,21). The zero-order chi connectivity index (χ0) is 14.9.